The first-order valence-electron chi connectivity index (χ1n) is 7.98. The Bertz CT molecular complexity index is 685. The second kappa shape index (κ2) is 5.95. The van der Waals surface area contributed by atoms with Crippen LogP contribution in [0.4, 0.5) is 0 Å². The highest BCUT2D eigenvalue weighted by molar-refractivity contribution is 5.83. The highest BCUT2D eigenvalue weighted by Gasteiger charge is 2.27. The van der Waals surface area contributed by atoms with E-state index < -0.39 is 0 Å². The predicted molar refractivity (Wildman–Crippen MR) is 89.8 cm³/mol. The highest BCUT2D eigenvalue weighted by Crippen LogP contribution is 2.32. The van der Waals surface area contributed by atoms with Crippen LogP contribution < -0.4 is 0 Å². The first-order chi connectivity index (χ1) is 10.6. The summed E-state index contributed by atoms with van der Waals surface area (Å²) in [5, 5.41) is 11.6. The van der Waals surface area contributed by atoms with Crippen LogP contribution in [0, 0.1) is 13.8 Å². The Morgan fingerprint density at radius 1 is 1.14 bits per heavy atom. The zero-order valence-corrected chi connectivity index (χ0v) is 13.9. The lowest BCUT2D eigenvalue weighted by Crippen LogP contribution is -2.20. The van der Waals surface area contributed by atoms with Gasteiger partial charge in [0.05, 0.1) is 18.3 Å². The molecule has 1 aliphatic heterocycles. The second-order valence-corrected chi connectivity index (χ2v) is 6.03. The van der Waals surface area contributed by atoms with Gasteiger partial charge in [-0.25, -0.2) is 0 Å². The molecule has 1 aliphatic rings. The van der Waals surface area contributed by atoms with Crippen LogP contribution in [0.3, 0.4) is 0 Å². The number of hydrazone groups is 1. The van der Waals surface area contributed by atoms with Gasteiger partial charge in [-0.3, -0.25) is 9.69 Å². The van der Waals surface area contributed by atoms with E-state index in [1.165, 1.54) is 22.5 Å². The molecule has 0 spiro atoms. The fourth-order valence-electron chi connectivity index (χ4n) is 3.26. The molecule has 0 aliphatic carbocycles. The number of benzene rings is 1. The third-order valence-corrected chi connectivity index (χ3v) is 4.48. The molecule has 0 fully saturated rings. The quantitative estimate of drug-likeness (QED) is 0.859. The van der Waals surface area contributed by atoms with E-state index in [0.717, 1.165) is 25.2 Å². The van der Waals surface area contributed by atoms with E-state index >= 15 is 0 Å². The topological polar surface area (TPSA) is 33.4 Å². The minimum absolute atomic E-state index is 0.338. The van der Waals surface area contributed by atoms with Gasteiger partial charge in [-0.1, -0.05) is 30.3 Å². The van der Waals surface area contributed by atoms with Gasteiger partial charge in [0.25, 0.3) is 0 Å². The Kier molecular flexibility index (Phi) is 4.01. The van der Waals surface area contributed by atoms with Crippen molar-refractivity contribution in [3.05, 3.63) is 52.8 Å². The van der Waals surface area contributed by atoms with E-state index in [0.29, 0.717) is 6.04 Å². The lowest BCUT2D eigenvalue weighted by Gasteiger charge is -2.24. The Hall–Kier alpha value is -2.10. The molecular weight excluding hydrogens is 272 g/mol. The van der Waals surface area contributed by atoms with Crippen LogP contribution >= 0.6 is 0 Å². The van der Waals surface area contributed by atoms with E-state index in [1.807, 2.05) is 0 Å². The maximum atomic E-state index is 4.77. The van der Waals surface area contributed by atoms with Crippen LogP contribution in [-0.2, 0) is 13.1 Å². The van der Waals surface area contributed by atoms with Gasteiger partial charge in [0, 0.05) is 29.9 Å². The van der Waals surface area contributed by atoms with Crippen molar-refractivity contribution in [1.82, 2.24) is 14.8 Å². The lowest BCUT2D eigenvalue weighted by molar-refractivity contribution is 0.223. The number of hydrogen-bond acceptors (Lipinski definition) is 3. The summed E-state index contributed by atoms with van der Waals surface area (Å²) in [5.74, 6) is 0. The maximum absolute atomic E-state index is 4.77. The Morgan fingerprint density at radius 2 is 1.86 bits per heavy atom. The van der Waals surface area contributed by atoms with Crippen molar-refractivity contribution < 1.29 is 0 Å². The molecule has 3 rings (SSSR count). The smallest absolute Gasteiger partial charge is 0.0776 e. The molecule has 0 saturated carbocycles. The van der Waals surface area contributed by atoms with Crippen LogP contribution in [0.2, 0.25) is 0 Å². The van der Waals surface area contributed by atoms with Crippen molar-refractivity contribution >= 4 is 5.71 Å². The van der Waals surface area contributed by atoms with Crippen LogP contribution in [0.15, 0.2) is 35.4 Å². The molecule has 2 heterocycles. The summed E-state index contributed by atoms with van der Waals surface area (Å²) in [6.07, 6.45) is 1.00. The van der Waals surface area contributed by atoms with Gasteiger partial charge in [-0.2, -0.15) is 10.2 Å². The number of aryl methyl sites for hydroxylation is 2. The standard InChI is InChI=1S/C18H24N4/c1-5-21-15(4)17(14(3)20-21)12-22-18(11-13(2)19-22)16-9-7-6-8-10-16/h6-10,18H,5,11-12H2,1-4H3. The lowest BCUT2D eigenvalue weighted by atomic mass is 10.0. The maximum Gasteiger partial charge on any atom is 0.0776 e. The van der Waals surface area contributed by atoms with E-state index in [9.17, 15) is 0 Å². The van der Waals surface area contributed by atoms with E-state index in [-0.39, 0.29) is 0 Å². The molecule has 1 aromatic heterocycles. The van der Waals surface area contributed by atoms with Gasteiger partial charge in [-0.05, 0) is 33.3 Å². The second-order valence-electron chi connectivity index (χ2n) is 6.03. The monoisotopic (exact) mass is 296 g/mol. The summed E-state index contributed by atoms with van der Waals surface area (Å²) >= 11 is 0. The minimum atomic E-state index is 0.338. The number of nitrogens with zero attached hydrogens (tertiary/aromatic N) is 4. The van der Waals surface area contributed by atoms with Gasteiger partial charge < -0.3 is 0 Å². The average Bonchev–Trinajstić information content (AvgIpc) is 3.02. The summed E-state index contributed by atoms with van der Waals surface area (Å²) in [4.78, 5) is 0. The van der Waals surface area contributed by atoms with Crippen molar-refractivity contribution in [2.24, 2.45) is 5.10 Å². The predicted octanol–water partition coefficient (Wildman–Crippen LogP) is 3.84. The van der Waals surface area contributed by atoms with Crippen molar-refractivity contribution in [2.75, 3.05) is 0 Å². The van der Waals surface area contributed by atoms with E-state index in [1.54, 1.807) is 0 Å². The summed E-state index contributed by atoms with van der Waals surface area (Å²) in [5.41, 5.74) is 6.21. The third-order valence-electron chi connectivity index (χ3n) is 4.48. The van der Waals surface area contributed by atoms with Crippen LogP contribution in [-0.4, -0.2) is 20.5 Å². The molecule has 4 heteroatoms. The summed E-state index contributed by atoms with van der Waals surface area (Å²) in [7, 11) is 0. The Balaban J connectivity index is 1.88. The first-order valence-corrected chi connectivity index (χ1v) is 7.98. The first kappa shape index (κ1) is 14.8. The molecule has 1 unspecified atom stereocenters. The Morgan fingerprint density at radius 3 is 2.50 bits per heavy atom. The van der Waals surface area contributed by atoms with Gasteiger partial charge in [0.15, 0.2) is 0 Å². The summed E-state index contributed by atoms with van der Waals surface area (Å²) in [6.45, 7) is 10.2. The zero-order chi connectivity index (χ0) is 15.7. The van der Waals surface area contributed by atoms with Gasteiger partial charge in [0.1, 0.15) is 0 Å². The largest absolute Gasteiger partial charge is 0.285 e. The number of rotatable bonds is 4. The minimum Gasteiger partial charge on any atom is -0.285 e. The molecule has 116 valence electrons. The van der Waals surface area contributed by atoms with Gasteiger partial charge in [0.2, 0.25) is 0 Å². The number of hydrogen-bond donors (Lipinski definition) is 0. The zero-order valence-electron chi connectivity index (χ0n) is 13.9. The summed E-state index contributed by atoms with van der Waals surface area (Å²) < 4.78 is 2.08. The SMILES string of the molecule is CCn1nc(C)c(CN2N=C(C)CC2c2ccccc2)c1C. The summed E-state index contributed by atoms with van der Waals surface area (Å²) in [6, 6.07) is 11.0. The van der Waals surface area contributed by atoms with Gasteiger partial charge in [-0.15, -0.1) is 0 Å². The van der Waals surface area contributed by atoms with Crippen LogP contribution in [0.25, 0.3) is 0 Å². The fourth-order valence-corrected chi connectivity index (χ4v) is 3.26. The third kappa shape index (κ3) is 2.65. The van der Waals surface area contributed by atoms with Gasteiger partial charge >= 0.3 is 0 Å². The highest BCUT2D eigenvalue weighted by atomic mass is 15.5. The molecule has 1 aromatic carbocycles. The van der Waals surface area contributed by atoms with Crippen LogP contribution in [0.5, 0.6) is 0 Å². The van der Waals surface area contributed by atoms with Crippen molar-refractivity contribution in [1.29, 1.82) is 0 Å². The average molecular weight is 296 g/mol. The van der Waals surface area contributed by atoms with Crippen molar-refractivity contribution in [3.8, 4) is 0 Å². The molecule has 0 saturated heterocycles. The Labute approximate surface area is 132 Å². The molecule has 0 bridgehead atoms. The molecule has 1 atom stereocenters. The van der Waals surface area contributed by atoms with E-state index in [4.69, 9.17) is 5.10 Å². The van der Waals surface area contributed by atoms with E-state index in [2.05, 4.69) is 72.8 Å². The van der Waals surface area contributed by atoms with Crippen molar-refractivity contribution in [2.45, 2.75) is 53.2 Å². The molecular formula is C18H24N4. The number of aromatic nitrogens is 2. The molecule has 0 amide bonds. The fraction of sp³-hybridized carbons (Fsp3) is 0.444. The molecule has 0 radical (unpaired) electrons. The molecule has 0 N–H and O–H groups in total. The molecule has 22 heavy (non-hydrogen) atoms. The van der Waals surface area contributed by atoms with Crippen molar-refractivity contribution in [3.63, 3.8) is 0 Å². The van der Waals surface area contributed by atoms with Crippen LogP contribution in [0.1, 0.15) is 48.8 Å². The molecule has 2 aromatic rings. The molecule has 4 nitrogen and oxygen atoms in total. The normalized spacial score (nSPS) is 17.9.